The van der Waals surface area contributed by atoms with Gasteiger partial charge < -0.3 is 0 Å². The normalized spacial score (nSPS) is 18.0. The standard InChI is InChI=1S/C42H46N2S/c1-3-7-17-31(18-8-4-1)34-21-11-14-24-38(34)43-29-33-27-28-41-42(36-23-13-16-26-40(36)45-41)37(33)30-44-39-25-15-12-22-35(39)32-19-9-5-2-6-10-20-32/h11-16,21-32H,1-10,17-20H2. The van der Waals surface area contributed by atoms with Crippen molar-refractivity contribution in [3.8, 4) is 0 Å². The van der Waals surface area contributed by atoms with E-state index in [0.717, 1.165) is 16.9 Å². The van der Waals surface area contributed by atoms with Gasteiger partial charge in [-0.25, -0.2) is 0 Å². The van der Waals surface area contributed by atoms with Crippen LogP contribution in [0.1, 0.15) is 124 Å². The predicted octanol–water partition coefficient (Wildman–Crippen LogP) is 13.2. The largest absolute Gasteiger partial charge is 0.256 e. The maximum absolute atomic E-state index is 5.29. The van der Waals surface area contributed by atoms with E-state index in [1.165, 1.54) is 127 Å². The molecular weight excluding hydrogens is 565 g/mol. The zero-order valence-electron chi connectivity index (χ0n) is 26.6. The second kappa shape index (κ2) is 14.7. The molecule has 0 atom stereocenters. The van der Waals surface area contributed by atoms with Crippen molar-refractivity contribution in [2.75, 3.05) is 0 Å². The number of para-hydroxylation sites is 2. The summed E-state index contributed by atoms with van der Waals surface area (Å²) >= 11 is 1.87. The molecule has 2 aliphatic carbocycles. The number of aliphatic imine (C=N–C) groups is 2. The minimum Gasteiger partial charge on any atom is -0.256 e. The Morgan fingerprint density at radius 1 is 0.489 bits per heavy atom. The molecule has 3 heteroatoms. The topological polar surface area (TPSA) is 24.7 Å². The molecule has 0 amide bonds. The summed E-state index contributed by atoms with van der Waals surface area (Å²) in [6, 6.07) is 31.1. The zero-order chi connectivity index (χ0) is 30.3. The van der Waals surface area contributed by atoms with E-state index in [0.29, 0.717) is 11.8 Å². The molecule has 0 unspecified atom stereocenters. The van der Waals surface area contributed by atoms with Crippen molar-refractivity contribution in [1.82, 2.24) is 0 Å². The molecule has 7 rings (SSSR count). The van der Waals surface area contributed by atoms with Crippen LogP contribution in [0.15, 0.2) is 94.9 Å². The molecule has 0 saturated heterocycles. The molecule has 45 heavy (non-hydrogen) atoms. The third-order valence-electron chi connectivity index (χ3n) is 10.3. The molecule has 0 bridgehead atoms. The highest BCUT2D eigenvalue weighted by molar-refractivity contribution is 7.25. The minimum atomic E-state index is 0.599. The first-order valence-corrected chi connectivity index (χ1v) is 18.4. The van der Waals surface area contributed by atoms with Gasteiger partial charge in [0.25, 0.3) is 0 Å². The van der Waals surface area contributed by atoms with Gasteiger partial charge in [0.15, 0.2) is 0 Å². The highest BCUT2D eigenvalue weighted by Crippen LogP contribution is 2.40. The minimum absolute atomic E-state index is 0.599. The fourth-order valence-corrected chi connectivity index (χ4v) is 8.94. The quantitative estimate of drug-likeness (QED) is 0.171. The fourth-order valence-electron chi connectivity index (χ4n) is 7.82. The van der Waals surface area contributed by atoms with E-state index < -0.39 is 0 Å². The summed E-state index contributed by atoms with van der Waals surface area (Å²) < 4.78 is 2.62. The summed E-state index contributed by atoms with van der Waals surface area (Å²) in [6.45, 7) is 0. The average Bonchev–Trinajstić information content (AvgIpc) is 3.42. The Labute approximate surface area is 273 Å². The first-order valence-electron chi connectivity index (χ1n) is 17.6. The first kappa shape index (κ1) is 30.1. The Hall–Kier alpha value is -3.56. The highest BCUT2D eigenvalue weighted by atomic mass is 32.1. The Morgan fingerprint density at radius 2 is 1.00 bits per heavy atom. The van der Waals surface area contributed by atoms with Crippen LogP contribution in [0, 0.1) is 0 Å². The van der Waals surface area contributed by atoms with Crippen LogP contribution < -0.4 is 0 Å². The second-order valence-corrected chi connectivity index (χ2v) is 14.3. The molecule has 5 aromatic rings. The van der Waals surface area contributed by atoms with E-state index in [9.17, 15) is 0 Å². The van der Waals surface area contributed by atoms with Crippen LogP contribution >= 0.6 is 11.3 Å². The van der Waals surface area contributed by atoms with Crippen molar-refractivity contribution < 1.29 is 0 Å². The summed E-state index contributed by atoms with van der Waals surface area (Å²) in [5.41, 5.74) is 7.38. The Morgan fingerprint density at radius 3 is 1.62 bits per heavy atom. The maximum atomic E-state index is 5.29. The Bertz CT molecular complexity index is 1780. The second-order valence-electron chi connectivity index (χ2n) is 13.3. The maximum Gasteiger partial charge on any atom is 0.0664 e. The van der Waals surface area contributed by atoms with Crippen LogP contribution in [0.3, 0.4) is 0 Å². The number of rotatable bonds is 6. The number of fused-ring (bicyclic) bond motifs is 3. The monoisotopic (exact) mass is 610 g/mol. The molecule has 2 nitrogen and oxygen atoms in total. The van der Waals surface area contributed by atoms with Gasteiger partial charge >= 0.3 is 0 Å². The summed E-state index contributed by atoms with van der Waals surface area (Å²) in [6.07, 6.45) is 22.9. The zero-order valence-corrected chi connectivity index (χ0v) is 27.4. The van der Waals surface area contributed by atoms with Crippen LogP contribution in [0.25, 0.3) is 20.2 Å². The molecule has 1 heterocycles. The third-order valence-corrected chi connectivity index (χ3v) is 11.4. The lowest BCUT2D eigenvalue weighted by Crippen LogP contribution is -2.03. The van der Waals surface area contributed by atoms with E-state index in [1.54, 1.807) is 0 Å². The van der Waals surface area contributed by atoms with E-state index in [4.69, 9.17) is 9.98 Å². The number of hydrogen-bond acceptors (Lipinski definition) is 3. The van der Waals surface area contributed by atoms with Crippen LogP contribution in [-0.2, 0) is 0 Å². The van der Waals surface area contributed by atoms with E-state index >= 15 is 0 Å². The van der Waals surface area contributed by atoms with E-state index in [-0.39, 0.29) is 0 Å². The lowest BCUT2D eigenvalue weighted by atomic mass is 9.85. The van der Waals surface area contributed by atoms with Crippen LogP contribution in [0.5, 0.6) is 0 Å². The summed E-state index contributed by atoms with van der Waals surface area (Å²) in [5, 5.41) is 2.59. The Kier molecular flexibility index (Phi) is 9.83. The van der Waals surface area contributed by atoms with Gasteiger partial charge in [0.1, 0.15) is 0 Å². The van der Waals surface area contributed by atoms with Crippen LogP contribution in [-0.4, -0.2) is 12.4 Å². The van der Waals surface area contributed by atoms with Crippen molar-refractivity contribution in [3.63, 3.8) is 0 Å². The first-order chi connectivity index (χ1) is 22.3. The molecule has 1 aromatic heterocycles. The summed E-state index contributed by atoms with van der Waals surface area (Å²) in [4.78, 5) is 10.5. The molecule has 0 N–H and O–H groups in total. The van der Waals surface area contributed by atoms with Gasteiger partial charge in [0.2, 0.25) is 0 Å². The van der Waals surface area contributed by atoms with Gasteiger partial charge in [-0.1, -0.05) is 125 Å². The van der Waals surface area contributed by atoms with Gasteiger partial charge in [-0.2, -0.15) is 0 Å². The van der Waals surface area contributed by atoms with Crippen molar-refractivity contribution in [3.05, 3.63) is 107 Å². The number of hydrogen-bond donors (Lipinski definition) is 0. The fraction of sp³-hybridized carbons (Fsp3) is 0.381. The molecule has 2 aliphatic rings. The summed E-state index contributed by atoms with van der Waals surface area (Å²) in [7, 11) is 0. The van der Waals surface area contributed by atoms with Crippen molar-refractivity contribution >= 4 is 55.3 Å². The van der Waals surface area contributed by atoms with Gasteiger partial charge in [-0.05, 0) is 72.9 Å². The van der Waals surface area contributed by atoms with Crippen molar-refractivity contribution in [1.29, 1.82) is 0 Å². The highest BCUT2D eigenvalue weighted by Gasteiger charge is 2.19. The Balaban J connectivity index is 1.29. The molecule has 0 radical (unpaired) electrons. The molecular formula is C42H46N2S. The lowest BCUT2D eigenvalue weighted by Gasteiger charge is -2.21. The van der Waals surface area contributed by atoms with Gasteiger partial charge in [-0.15, -0.1) is 11.3 Å². The number of nitrogens with zero attached hydrogens (tertiary/aromatic N) is 2. The average molecular weight is 611 g/mol. The lowest BCUT2D eigenvalue weighted by molar-refractivity contribution is 0.456. The number of thiophene rings is 1. The van der Waals surface area contributed by atoms with E-state index in [2.05, 4.69) is 97.4 Å². The molecule has 2 saturated carbocycles. The smallest absolute Gasteiger partial charge is 0.0664 e. The van der Waals surface area contributed by atoms with Gasteiger partial charge in [0, 0.05) is 43.7 Å². The SMILES string of the molecule is C(=Nc1ccccc1C1CCCCCCC1)c1ccc2sc3ccccc3c2c1C=Nc1ccccc1C1CCCCCCC1. The molecule has 0 spiro atoms. The molecule has 2 fully saturated rings. The van der Waals surface area contributed by atoms with Crippen LogP contribution in [0.2, 0.25) is 0 Å². The van der Waals surface area contributed by atoms with Crippen molar-refractivity contribution in [2.45, 2.75) is 102 Å². The van der Waals surface area contributed by atoms with Gasteiger partial charge in [0.05, 0.1) is 11.4 Å². The van der Waals surface area contributed by atoms with Crippen molar-refractivity contribution in [2.24, 2.45) is 9.98 Å². The molecule has 0 aliphatic heterocycles. The third kappa shape index (κ3) is 6.99. The molecule has 230 valence electrons. The van der Waals surface area contributed by atoms with E-state index in [1.807, 2.05) is 11.3 Å². The van der Waals surface area contributed by atoms with Crippen LogP contribution in [0.4, 0.5) is 11.4 Å². The van der Waals surface area contributed by atoms with Gasteiger partial charge in [-0.3, -0.25) is 9.98 Å². The summed E-state index contributed by atoms with van der Waals surface area (Å²) in [5.74, 6) is 1.20. The predicted molar refractivity (Wildman–Crippen MR) is 197 cm³/mol. The number of benzene rings is 4. The molecule has 4 aromatic carbocycles.